The molecule has 1 saturated heterocycles. The van der Waals surface area contributed by atoms with Crippen LogP contribution in [-0.2, 0) is 15.3 Å². The van der Waals surface area contributed by atoms with Gasteiger partial charge in [-0.25, -0.2) is 0 Å². The zero-order chi connectivity index (χ0) is 19.3. The summed E-state index contributed by atoms with van der Waals surface area (Å²) in [6.07, 6.45) is 12.5. The fourth-order valence-corrected chi connectivity index (χ4v) is 4.68. The summed E-state index contributed by atoms with van der Waals surface area (Å²) in [5, 5.41) is 10.2. The Kier molecular flexibility index (Phi) is 10.9. The molecule has 3 atom stereocenters. The minimum atomic E-state index is -0.354. The Bertz CT molecular complexity index is 520. The van der Waals surface area contributed by atoms with Crippen LogP contribution in [0.2, 0.25) is 0 Å². The Labute approximate surface area is 169 Å². The topological polar surface area (TPSA) is 46.5 Å². The van der Waals surface area contributed by atoms with Gasteiger partial charge >= 0.3 is 5.97 Å². The van der Waals surface area contributed by atoms with Crippen LogP contribution in [0.3, 0.4) is 0 Å². The van der Waals surface area contributed by atoms with Gasteiger partial charge in [0, 0.05) is 12.2 Å². The van der Waals surface area contributed by atoms with E-state index in [9.17, 15) is 9.90 Å². The average molecular weight is 393 g/mol. The number of aliphatic hydroxyl groups is 1. The first-order valence-electron chi connectivity index (χ1n) is 10.7. The molecule has 2 rings (SSSR count). The number of benzene rings is 1. The van der Waals surface area contributed by atoms with Gasteiger partial charge in [0.15, 0.2) is 0 Å². The van der Waals surface area contributed by atoms with Gasteiger partial charge in [-0.15, -0.1) is 11.8 Å². The molecule has 0 radical (unpaired) electrons. The second kappa shape index (κ2) is 13.2. The lowest BCUT2D eigenvalue weighted by Crippen LogP contribution is -2.49. The van der Waals surface area contributed by atoms with Gasteiger partial charge in [-0.3, -0.25) is 4.79 Å². The van der Waals surface area contributed by atoms with Crippen molar-refractivity contribution in [3.05, 3.63) is 35.9 Å². The SMILES string of the molecule is CCCCCCCCCCC[C@@H](O)C[C@H]1OC(=O)[C@H]1SCc1ccccc1. The lowest BCUT2D eigenvalue weighted by atomic mass is 9.99. The molecule has 4 heteroatoms. The third-order valence-corrected chi connectivity index (χ3v) is 6.61. The standard InChI is InChI=1S/C23H36O3S/c1-2-3-4-5-6-7-8-9-13-16-20(24)17-21-22(23(25)26-21)27-18-19-14-11-10-12-15-19/h10-12,14-15,20-22,24H,2-9,13,16-18H2,1H3/t20-,21-,22+/m1/s1. The van der Waals surface area contributed by atoms with Crippen molar-refractivity contribution < 1.29 is 14.6 Å². The first-order valence-corrected chi connectivity index (χ1v) is 11.8. The first kappa shape index (κ1) is 22.3. The number of ether oxygens (including phenoxy) is 1. The van der Waals surface area contributed by atoms with E-state index in [-0.39, 0.29) is 23.4 Å². The quantitative estimate of drug-likeness (QED) is 0.299. The van der Waals surface area contributed by atoms with Crippen molar-refractivity contribution in [2.45, 2.75) is 101 Å². The van der Waals surface area contributed by atoms with E-state index in [4.69, 9.17) is 4.74 Å². The van der Waals surface area contributed by atoms with Crippen molar-refractivity contribution >= 4 is 17.7 Å². The zero-order valence-electron chi connectivity index (χ0n) is 16.8. The number of thioether (sulfide) groups is 1. The van der Waals surface area contributed by atoms with Crippen LogP contribution < -0.4 is 0 Å². The van der Waals surface area contributed by atoms with Crippen LogP contribution >= 0.6 is 11.8 Å². The van der Waals surface area contributed by atoms with Crippen LogP contribution in [0, 0.1) is 0 Å². The normalized spacial score (nSPS) is 20.1. The van der Waals surface area contributed by atoms with Crippen molar-refractivity contribution in [1.29, 1.82) is 0 Å². The number of carbonyl (C=O) groups is 1. The van der Waals surface area contributed by atoms with Gasteiger partial charge in [0.2, 0.25) is 0 Å². The van der Waals surface area contributed by atoms with E-state index in [1.165, 1.54) is 56.9 Å². The van der Waals surface area contributed by atoms with E-state index in [2.05, 4.69) is 19.1 Å². The number of rotatable bonds is 15. The van der Waals surface area contributed by atoms with Gasteiger partial charge in [0.25, 0.3) is 0 Å². The molecule has 3 nitrogen and oxygen atoms in total. The van der Waals surface area contributed by atoms with Crippen molar-refractivity contribution in [2.24, 2.45) is 0 Å². The van der Waals surface area contributed by atoms with Crippen molar-refractivity contribution in [2.75, 3.05) is 0 Å². The molecule has 1 fully saturated rings. The predicted molar refractivity (Wildman–Crippen MR) is 114 cm³/mol. The Morgan fingerprint density at radius 2 is 1.63 bits per heavy atom. The largest absolute Gasteiger partial charge is 0.460 e. The van der Waals surface area contributed by atoms with E-state index < -0.39 is 0 Å². The molecule has 0 amide bonds. The number of cyclic esters (lactones) is 1. The molecular weight excluding hydrogens is 356 g/mol. The lowest BCUT2D eigenvalue weighted by Gasteiger charge is -2.35. The van der Waals surface area contributed by atoms with Gasteiger partial charge in [-0.1, -0.05) is 95.0 Å². The Morgan fingerprint density at radius 3 is 2.26 bits per heavy atom. The van der Waals surface area contributed by atoms with Gasteiger partial charge in [-0.2, -0.15) is 0 Å². The second-order valence-electron chi connectivity index (χ2n) is 7.70. The van der Waals surface area contributed by atoms with Crippen LogP contribution in [0.1, 0.15) is 83.1 Å². The fraction of sp³-hybridized carbons (Fsp3) is 0.696. The monoisotopic (exact) mass is 392 g/mol. The summed E-state index contributed by atoms with van der Waals surface area (Å²) in [7, 11) is 0. The van der Waals surface area contributed by atoms with Crippen LogP contribution in [0.4, 0.5) is 0 Å². The highest BCUT2D eigenvalue weighted by molar-refractivity contribution is 8.00. The number of carbonyl (C=O) groups excluding carboxylic acids is 1. The summed E-state index contributed by atoms with van der Waals surface area (Å²) in [6.45, 7) is 2.25. The van der Waals surface area contributed by atoms with E-state index in [1.807, 2.05) is 18.2 Å². The smallest absolute Gasteiger partial charge is 0.323 e. The summed E-state index contributed by atoms with van der Waals surface area (Å²) >= 11 is 1.63. The highest BCUT2D eigenvalue weighted by Crippen LogP contribution is 2.33. The highest BCUT2D eigenvalue weighted by Gasteiger charge is 2.43. The molecule has 1 aromatic rings. The minimum absolute atomic E-state index is 0.122. The number of aliphatic hydroxyl groups excluding tert-OH is 1. The van der Waals surface area contributed by atoms with E-state index in [0.717, 1.165) is 18.6 Å². The van der Waals surface area contributed by atoms with Gasteiger partial charge < -0.3 is 9.84 Å². The molecule has 0 aliphatic carbocycles. The third-order valence-electron chi connectivity index (χ3n) is 5.26. The molecule has 0 unspecified atom stereocenters. The number of esters is 1. The van der Waals surface area contributed by atoms with Crippen LogP contribution in [0.5, 0.6) is 0 Å². The van der Waals surface area contributed by atoms with Crippen molar-refractivity contribution in [3.63, 3.8) is 0 Å². The van der Waals surface area contributed by atoms with Crippen molar-refractivity contribution in [3.8, 4) is 0 Å². The van der Waals surface area contributed by atoms with Crippen LogP contribution in [-0.4, -0.2) is 28.5 Å². The molecule has 152 valence electrons. The van der Waals surface area contributed by atoms with Gasteiger partial charge in [0.05, 0.1) is 6.10 Å². The molecule has 0 saturated carbocycles. The maximum absolute atomic E-state index is 11.7. The second-order valence-corrected chi connectivity index (χ2v) is 8.83. The maximum atomic E-state index is 11.7. The summed E-state index contributed by atoms with van der Waals surface area (Å²) in [5.41, 5.74) is 1.22. The van der Waals surface area contributed by atoms with Gasteiger partial charge in [-0.05, 0) is 12.0 Å². The average Bonchev–Trinajstić information content (AvgIpc) is 2.67. The predicted octanol–water partition coefficient (Wildman–Crippen LogP) is 5.89. The summed E-state index contributed by atoms with van der Waals surface area (Å²) in [5.74, 6) is 0.682. The van der Waals surface area contributed by atoms with Crippen LogP contribution in [0.15, 0.2) is 30.3 Å². The lowest BCUT2D eigenvalue weighted by molar-refractivity contribution is -0.169. The molecule has 0 bridgehead atoms. The van der Waals surface area contributed by atoms with Crippen LogP contribution in [0.25, 0.3) is 0 Å². The molecule has 0 aromatic heterocycles. The van der Waals surface area contributed by atoms with Crippen molar-refractivity contribution in [1.82, 2.24) is 0 Å². The maximum Gasteiger partial charge on any atom is 0.323 e. The summed E-state index contributed by atoms with van der Waals surface area (Å²) in [4.78, 5) is 11.7. The molecule has 1 heterocycles. The van der Waals surface area contributed by atoms with E-state index in [0.29, 0.717) is 6.42 Å². The minimum Gasteiger partial charge on any atom is -0.460 e. The Balaban J connectivity index is 1.52. The molecule has 27 heavy (non-hydrogen) atoms. The first-order chi connectivity index (χ1) is 13.2. The molecule has 1 aliphatic heterocycles. The number of hydrogen-bond donors (Lipinski definition) is 1. The number of hydrogen-bond acceptors (Lipinski definition) is 4. The molecule has 1 N–H and O–H groups in total. The fourth-order valence-electron chi connectivity index (χ4n) is 3.54. The summed E-state index contributed by atoms with van der Waals surface area (Å²) in [6, 6.07) is 10.2. The zero-order valence-corrected chi connectivity index (χ0v) is 17.6. The molecule has 0 spiro atoms. The Morgan fingerprint density at radius 1 is 1.00 bits per heavy atom. The molecule has 1 aromatic carbocycles. The van der Waals surface area contributed by atoms with E-state index >= 15 is 0 Å². The molecule has 1 aliphatic rings. The molecular formula is C23H36O3S. The van der Waals surface area contributed by atoms with E-state index in [1.54, 1.807) is 11.8 Å². The third kappa shape index (κ3) is 8.69. The van der Waals surface area contributed by atoms with Gasteiger partial charge in [0.1, 0.15) is 11.4 Å². The highest BCUT2D eigenvalue weighted by atomic mass is 32.2. The number of unbranched alkanes of at least 4 members (excludes halogenated alkanes) is 8. The Hall–Kier alpha value is -1.00. The summed E-state index contributed by atoms with van der Waals surface area (Å²) < 4.78 is 5.28.